The van der Waals surface area contributed by atoms with Gasteiger partial charge in [0.2, 0.25) is 5.91 Å². The Kier molecular flexibility index (Phi) is 5.72. The van der Waals surface area contributed by atoms with Crippen molar-refractivity contribution in [2.24, 2.45) is 10.2 Å². The molecule has 0 atom stereocenters. The van der Waals surface area contributed by atoms with Crippen molar-refractivity contribution >= 4 is 11.9 Å². The van der Waals surface area contributed by atoms with E-state index in [9.17, 15) is 9.59 Å². The lowest BCUT2D eigenvalue weighted by atomic mass is 9.85. The monoisotopic (exact) mass is 320 g/mol. The summed E-state index contributed by atoms with van der Waals surface area (Å²) in [5.74, 6) is 1.76. The molecule has 0 saturated heterocycles. The maximum absolute atomic E-state index is 12.0. The molecule has 0 bridgehead atoms. The summed E-state index contributed by atoms with van der Waals surface area (Å²) in [5, 5.41) is 19.9. The first-order chi connectivity index (χ1) is 11.0. The second-order valence-corrected chi connectivity index (χ2v) is 6.23. The Hall–Kier alpha value is -1.94. The normalized spacial score (nSPS) is 23.9. The molecule has 0 radical (unpaired) electrons. The van der Waals surface area contributed by atoms with Gasteiger partial charge in [-0.2, -0.15) is 10.2 Å². The predicted octanol–water partition coefficient (Wildman–Crippen LogP) is 1.40. The quantitative estimate of drug-likeness (QED) is 0.595. The molecule has 1 heterocycles. The number of carboxylic acids is 1. The lowest BCUT2D eigenvalue weighted by Crippen LogP contribution is -2.54. The molecular formula is C16H24N4O3. The third-order valence-corrected chi connectivity index (χ3v) is 4.54. The van der Waals surface area contributed by atoms with Crippen LogP contribution in [0.15, 0.2) is 10.2 Å². The first kappa shape index (κ1) is 17.4. The van der Waals surface area contributed by atoms with Gasteiger partial charge in [-0.1, -0.05) is 6.92 Å². The topological polar surface area (TPSA) is 94.4 Å². The number of likely N-dealkylation sites (N-methyl/N-ethyl adjacent to an activating group) is 1. The van der Waals surface area contributed by atoms with Crippen LogP contribution in [0.4, 0.5) is 0 Å². The Bertz CT molecular complexity index is 514. The molecule has 0 aromatic carbocycles. The van der Waals surface area contributed by atoms with Crippen molar-refractivity contribution in [3.05, 3.63) is 0 Å². The van der Waals surface area contributed by atoms with Crippen molar-refractivity contribution in [3.8, 4) is 12.3 Å². The number of nitrogens with one attached hydrogen (secondary N) is 1. The van der Waals surface area contributed by atoms with Gasteiger partial charge in [-0.05, 0) is 19.4 Å². The Morgan fingerprint density at radius 3 is 2.61 bits per heavy atom. The molecule has 0 spiro atoms. The van der Waals surface area contributed by atoms with Gasteiger partial charge in [0.1, 0.15) is 0 Å². The van der Waals surface area contributed by atoms with Crippen LogP contribution >= 0.6 is 0 Å². The molecule has 0 aromatic heterocycles. The summed E-state index contributed by atoms with van der Waals surface area (Å²) in [7, 11) is 0. The standard InChI is InChI=1S/C16H24N4O3/c1-3-5-7-16(18-19-16)8-6-14(21)17-12-9-13(10-12)20(4-2)11-15(22)23/h1,12-13H,4-11H2,2H3,(H,17,21)(H,22,23). The van der Waals surface area contributed by atoms with E-state index in [2.05, 4.69) is 21.5 Å². The molecule has 1 saturated carbocycles. The number of hydrogen-bond donors (Lipinski definition) is 2. The molecule has 1 fully saturated rings. The number of carboxylic acid groups (broad SMARTS) is 1. The van der Waals surface area contributed by atoms with E-state index in [1.807, 2.05) is 11.8 Å². The molecule has 1 amide bonds. The minimum atomic E-state index is -0.812. The van der Waals surface area contributed by atoms with Crippen molar-refractivity contribution in [1.82, 2.24) is 10.2 Å². The molecule has 7 heteroatoms. The second kappa shape index (κ2) is 7.55. The molecule has 1 aliphatic heterocycles. The molecule has 7 nitrogen and oxygen atoms in total. The number of aliphatic carboxylic acids is 1. The molecule has 126 valence electrons. The molecule has 0 unspecified atom stereocenters. The summed E-state index contributed by atoms with van der Waals surface area (Å²) in [4.78, 5) is 24.7. The van der Waals surface area contributed by atoms with E-state index in [-0.39, 0.29) is 24.5 Å². The van der Waals surface area contributed by atoms with Crippen molar-refractivity contribution in [3.63, 3.8) is 0 Å². The van der Waals surface area contributed by atoms with E-state index in [0.717, 1.165) is 12.8 Å². The SMILES string of the molecule is C#CCCC1(CCC(=O)NC2CC(N(CC)CC(=O)O)C2)N=N1. The van der Waals surface area contributed by atoms with Crippen LogP contribution in [0.1, 0.15) is 45.4 Å². The van der Waals surface area contributed by atoms with Crippen LogP contribution in [0.25, 0.3) is 0 Å². The second-order valence-electron chi connectivity index (χ2n) is 6.23. The fourth-order valence-electron chi connectivity index (χ4n) is 2.96. The fraction of sp³-hybridized carbons (Fsp3) is 0.750. The number of nitrogens with zero attached hydrogens (tertiary/aromatic N) is 3. The molecule has 2 aliphatic rings. The average Bonchev–Trinajstić information content (AvgIpc) is 3.24. The summed E-state index contributed by atoms with van der Waals surface area (Å²) < 4.78 is 0. The van der Waals surface area contributed by atoms with Gasteiger partial charge in [0.15, 0.2) is 5.66 Å². The summed E-state index contributed by atoms with van der Waals surface area (Å²) in [6.07, 6.45) is 9.19. The maximum Gasteiger partial charge on any atom is 0.317 e. The number of amides is 1. The van der Waals surface area contributed by atoms with Crippen LogP contribution in [0.2, 0.25) is 0 Å². The number of carbonyl (C=O) groups is 2. The molecule has 2 rings (SSSR count). The Morgan fingerprint density at radius 1 is 1.39 bits per heavy atom. The highest BCUT2D eigenvalue weighted by atomic mass is 16.4. The van der Waals surface area contributed by atoms with Gasteiger partial charge < -0.3 is 10.4 Å². The number of terminal acetylenes is 1. The van der Waals surface area contributed by atoms with Crippen LogP contribution in [-0.2, 0) is 9.59 Å². The first-order valence-corrected chi connectivity index (χ1v) is 8.10. The summed E-state index contributed by atoms with van der Waals surface area (Å²) in [5.41, 5.74) is -0.410. The number of rotatable bonds is 10. The zero-order chi connectivity index (χ0) is 16.9. The van der Waals surface area contributed by atoms with Crippen molar-refractivity contribution in [2.45, 2.75) is 63.2 Å². The van der Waals surface area contributed by atoms with E-state index in [4.69, 9.17) is 11.5 Å². The fourth-order valence-corrected chi connectivity index (χ4v) is 2.96. The van der Waals surface area contributed by atoms with Gasteiger partial charge in [0.05, 0.1) is 6.54 Å². The van der Waals surface area contributed by atoms with Crippen LogP contribution < -0.4 is 5.32 Å². The largest absolute Gasteiger partial charge is 0.480 e. The van der Waals surface area contributed by atoms with Crippen LogP contribution in [0.5, 0.6) is 0 Å². The summed E-state index contributed by atoms with van der Waals surface area (Å²) >= 11 is 0. The van der Waals surface area contributed by atoms with Gasteiger partial charge in [0.25, 0.3) is 0 Å². The Morgan fingerprint density at radius 2 is 2.09 bits per heavy atom. The van der Waals surface area contributed by atoms with E-state index in [1.54, 1.807) is 0 Å². The van der Waals surface area contributed by atoms with Gasteiger partial charge in [0, 0.05) is 37.8 Å². The summed E-state index contributed by atoms with van der Waals surface area (Å²) in [6.45, 7) is 2.72. The molecule has 1 aliphatic carbocycles. The van der Waals surface area contributed by atoms with E-state index in [1.165, 1.54) is 0 Å². The predicted molar refractivity (Wildman–Crippen MR) is 84.7 cm³/mol. The van der Waals surface area contributed by atoms with Gasteiger partial charge in [-0.25, -0.2) is 0 Å². The van der Waals surface area contributed by atoms with Crippen LogP contribution in [0, 0.1) is 12.3 Å². The maximum atomic E-state index is 12.0. The molecule has 0 aromatic rings. The molecular weight excluding hydrogens is 296 g/mol. The molecule has 2 N–H and O–H groups in total. The third kappa shape index (κ3) is 5.03. The van der Waals surface area contributed by atoms with Crippen molar-refractivity contribution < 1.29 is 14.7 Å². The zero-order valence-corrected chi connectivity index (χ0v) is 13.5. The minimum absolute atomic E-state index is 0.00659. The van der Waals surface area contributed by atoms with E-state index < -0.39 is 11.6 Å². The van der Waals surface area contributed by atoms with Crippen LogP contribution in [-0.4, -0.2) is 52.7 Å². The minimum Gasteiger partial charge on any atom is -0.480 e. The number of hydrogen-bond acceptors (Lipinski definition) is 5. The van der Waals surface area contributed by atoms with Crippen molar-refractivity contribution in [2.75, 3.05) is 13.1 Å². The lowest BCUT2D eigenvalue weighted by Gasteiger charge is -2.42. The molecule has 23 heavy (non-hydrogen) atoms. The number of carbonyl (C=O) groups excluding carboxylic acids is 1. The third-order valence-electron chi connectivity index (χ3n) is 4.54. The van der Waals surface area contributed by atoms with Gasteiger partial charge >= 0.3 is 5.97 Å². The average molecular weight is 320 g/mol. The van der Waals surface area contributed by atoms with Gasteiger partial charge in [-0.15, -0.1) is 12.3 Å². The Balaban J connectivity index is 1.63. The summed E-state index contributed by atoms with van der Waals surface area (Å²) in [6, 6.07) is 0.391. The smallest absolute Gasteiger partial charge is 0.317 e. The Labute approximate surface area is 136 Å². The highest BCUT2D eigenvalue weighted by Crippen LogP contribution is 2.37. The highest BCUT2D eigenvalue weighted by Gasteiger charge is 2.40. The first-order valence-electron chi connectivity index (χ1n) is 8.10. The van der Waals surface area contributed by atoms with E-state index in [0.29, 0.717) is 32.2 Å². The highest BCUT2D eigenvalue weighted by molar-refractivity contribution is 5.76. The van der Waals surface area contributed by atoms with Crippen molar-refractivity contribution in [1.29, 1.82) is 0 Å². The van der Waals surface area contributed by atoms with Crippen LogP contribution in [0.3, 0.4) is 0 Å². The lowest BCUT2D eigenvalue weighted by molar-refractivity contribution is -0.139. The van der Waals surface area contributed by atoms with E-state index >= 15 is 0 Å². The zero-order valence-electron chi connectivity index (χ0n) is 13.5. The van der Waals surface area contributed by atoms with Gasteiger partial charge in [-0.3, -0.25) is 14.5 Å².